The highest BCUT2D eigenvalue weighted by molar-refractivity contribution is 5.51. The van der Waals surface area contributed by atoms with Crippen LogP contribution >= 0.6 is 0 Å². The molecule has 5 nitrogen and oxygen atoms in total. The fraction of sp³-hybridized carbons (Fsp3) is 0.680. The summed E-state index contributed by atoms with van der Waals surface area (Å²) in [6, 6.07) is 3.84. The van der Waals surface area contributed by atoms with Crippen LogP contribution in [0.15, 0.2) is 23.8 Å². The maximum atomic E-state index is 11.0. The van der Waals surface area contributed by atoms with Crippen LogP contribution in [0.4, 0.5) is 0 Å². The number of unbranched alkanes of at least 4 members (excludes halogenated alkanes) is 2. The van der Waals surface area contributed by atoms with Gasteiger partial charge in [-0.15, -0.1) is 0 Å². The normalized spacial score (nSPS) is 25.9. The zero-order chi connectivity index (χ0) is 21.9. The number of aliphatic hydroxyl groups is 1. The first-order valence-corrected chi connectivity index (χ1v) is 11.5. The Balaban J connectivity index is 1.93. The minimum atomic E-state index is -0.939. The van der Waals surface area contributed by atoms with Crippen LogP contribution < -0.4 is 0 Å². The summed E-state index contributed by atoms with van der Waals surface area (Å²) in [4.78, 5) is 2.43. The number of phenols is 2. The van der Waals surface area contributed by atoms with Gasteiger partial charge in [0.15, 0.2) is 0 Å². The first kappa shape index (κ1) is 23.1. The maximum Gasteiger partial charge on any atom is 0.123 e. The molecular weight excluding hydrogens is 378 g/mol. The quantitative estimate of drug-likeness (QED) is 0.454. The van der Waals surface area contributed by atoms with E-state index in [2.05, 4.69) is 24.8 Å². The third-order valence-electron chi connectivity index (χ3n) is 6.87. The van der Waals surface area contributed by atoms with E-state index >= 15 is 0 Å². The lowest BCUT2D eigenvalue weighted by Crippen LogP contribution is -2.49. The van der Waals surface area contributed by atoms with Gasteiger partial charge >= 0.3 is 0 Å². The minimum Gasteiger partial charge on any atom is -0.507 e. The zero-order valence-electron chi connectivity index (χ0n) is 19.0. The number of nitrogens with zero attached hydrogens (tertiary/aromatic N) is 1. The van der Waals surface area contributed by atoms with Crippen molar-refractivity contribution in [3.63, 3.8) is 0 Å². The average Bonchev–Trinajstić information content (AvgIpc) is 2.67. The molecule has 0 amide bonds. The number of rotatable bonds is 7. The lowest BCUT2D eigenvalue weighted by molar-refractivity contribution is -0.0237. The average molecular weight is 418 g/mol. The van der Waals surface area contributed by atoms with Crippen LogP contribution in [0, 0.1) is 5.92 Å². The van der Waals surface area contributed by atoms with Crippen LogP contribution in [0.1, 0.15) is 70.4 Å². The SMILES string of the molecule is CCCCCc1cc(O)c(C2C=C(C)C(N3CCOCC3)CC2C(C)(C)O)c(O)c1. The van der Waals surface area contributed by atoms with E-state index < -0.39 is 5.60 Å². The summed E-state index contributed by atoms with van der Waals surface area (Å²) in [5, 5.41) is 32.8. The van der Waals surface area contributed by atoms with Crippen LogP contribution in [0.3, 0.4) is 0 Å². The lowest BCUT2D eigenvalue weighted by Gasteiger charge is -2.45. The lowest BCUT2D eigenvalue weighted by atomic mass is 9.68. The molecule has 0 aromatic heterocycles. The van der Waals surface area contributed by atoms with E-state index in [1.165, 1.54) is 5.57 Å². The summed E-state index contributed by atoms with van der Waals surface area (Å²) in [5.41, 5.74) is 1.80. The van der Waals surface area contributed by atoms with Gasteiger partial charge in [-0.05, 0) is 63.6 Å². The molecule has 0 bridgehead atoms. The minimum absolute atomic E-state index is 0.114. The molecule has 5 heteroatoms. The Kier molecular flexibility index (Phi) is 7.48. The van der Waals surface area contributed by atoms with Gasteiger partial charge in [0.1, 0.15) is 11.5 Å². The first-order chi connectivity index (χ1) is 14.2. The van der Waals surface area contributed by atoms with Gasteiger partial charge in [-0.3, -0.25) is 4.90 Å². The molecule has 1 heterocycles. The summed E-state index contributed by atoms with van der Waals surface area (Å²) in [6.45, 7) is 11.2. The molecule has 3 rings (SSSR count). The molecule has 1 aromatic carbocycles. The Morgan fingerprint density at radius 1 is 1.10 bits per heavy atom. The van der Waals surface area contributed by atoms with E-state index in [1.807, 2.05) is 13.8 Å². The van der Waals surface area contributed by atoms with Crippen LogP contribution in [0.5, 0.6) is 11.5 Å². The fourth-order valence-corrected chi connectivity index (χ4v) is 5.17. The molecule has 30 heavy (non-hydrogen) atoms. The number of hydrogen-bond acceptors (Lipinski definition) is 5. The van der Waals surface area contributed by atoms with Gasteiger partial charge in [-0.25, -0.2) is 0 Å². The third-order valence-corrected chi connectivity index (χ3v) is 6.87. The number of ether oxygens (including phenoxy) is 1. The predicted octanol–water partition coefficient (Wildman–Crippen LogP) is 4.35. The van der Waals surface area contributed by atoms with E-state index in [-0.39, 0.29) is 29.4 Å². The van der Waals surface area contributed by atoms with E-state index in [4.69, 9.17) is 4.74 Å². The molecule has 1 aliphatic heterocycles. The number of aryl methyl sites for hydroxylation is 1. The largest absolute Gasteiger partial charge is 0.507 e. The number of hydrogen-bond donors (Lipinski definition) is 3. The van der Waals surface area contributed by atoms with Crippen molar-refractivity contribution in [2.75, 3.05) is 26.3 Å². The second-order valence-corrected chi connectivity index (χ2v) is 9.60. The van der Waals surface area contributed by atoms with Crippen molar-refractivity contribution in [3.8, 4) is 11.5 Å². The fourth-order valence-electron chi connectivity index (χ4n) is 5.17. The molecule has 2 aliphatic rings. The second-order valence-electron chi connectivity index (χ2n) is 9.60. The first-order valence-electron chi connectivity index (χ1n) is 11.5. The monoisotopic (exact) mass is 417 g/mol. The van der Waals surface area contributed by atoms with Crippen molar-refractivity contribution in [1.29, 1.82) is 0 Å². The predicted molar refractivity (Wildman–Crippen MR) is 120 cm³/mol. The van der Waals surface area contributed by atoms with E-state index in [1.54, 1.807) is 12.1 Å². The van der Waals surface area contributed by atoms with Crippen LogP contribution in [-0.2, 0) is 11.2 Å². The highest BCUT2D eigenvalue weighted by atomic mass is 16.5. The van der Waals surface area contributed by atoms with E-state index in [0.29, 0.717) is 5.56 Å². The van der Waals surface area contributed by atoms with Gasteiger partial charge in [-0.2, -0.15) is 0 Å². The Morgan fingerprint density at radius 2 is 1.73 bits per heavy atom. The van der Waals surface area contributed by atoms with Gasteiger partial charge in [0.2, 0.25) is 0 Å². The Hall–Kier alpha value is -1.56. The molecule has 1 saturated heterocycles. The zero-order valence-corrected chi connectivity index (χ0v) is 19.0. The summed E-state index contributed by atoms with van der Waals surface area (Å²) in [6.07, 6.45) is 7.11. The van der Waals surface area contributed by atoms with Gasteiger partial charge in [0, 0.05) is 30.6 Å². The topological polar surface area (TPSA) is 73.2 Å². The number of phenolic OH excluding ortho intramolecular Hbond substituents is 2. The smallest absolute Gasteiger partial charge is 0.123 e. The molecule has 168 valence electrons. The molecule has 3 N–H and O–H groups in total. The summed E-state index contributed by atoms with van der Waals surface area (Å²) >= 11 is 0. The molecule has 1 aliphatic carbocycles. The summed E-state index contributed by atoms with van der Waals surface area (Å²) in [5.74, 6) is -0.0759. The van der Waals surface area contributed by atoms with E-state index in [9.17, 15) is 15.3 Å². The van der Waals surface area contributed by atoms with Crippen molar-refractivity contribution in [2.45, 2.75) is 77.4 Å². The molecule has 3 atom stereocenters. The second kappa shape index (κ2) is 9.71. The number of morpholine rings is 1. The molecule has 0 spiro atoms. The van der Waals surface area contributed by atoms with Crippen LogP contribution in [0.2, 0.25) is 0 Å². The summed E-state index contributed by atoms with van der Waals surface area (Å²) in [7, 11) is 0. The molecule has 0 saturated carbocycles. The Labute approximate surface area is 181 Å². The van der Waals surface area contributed by atoms with Crippen LogP contribution in [0.25, 0.3) is 0 Å². The third kappa shape index (κ3) is 5.19. The van der Waals surface area contributed by atoms with Gasteiger partial charge in [-0.1, -0.05) is 31.4 Å². The molecule has 3 unspecified atom stereocenters. The van der Waals surface area contributed by atoms with Crippen molar-refractivity contribution < 1.29 is 20.1 Å². The molecular formula is C25H39NO4. The highest BCUT2D eigenvalue weighted by Crippen LogP contribution is 2.48. The van der Waals surface area contributed by atoms with Crippen molar-refractivity contribution in [1.82, 2.24) is 4.90 Å². The standard InChI is InChI=1S/C25H39NO4/c1-5-6-7-8-18-14-22(27)24(23(28)15-18)19-13-17(2)21(16-20(19)25(3,4)29)26-9-11-30-12-10-26/h13-15,19-21,27-29H,5-12,16H2,1-4H3. The molecule has 1 fully saturated rings. The van der Waals surface area contributed by atoms with Crippen molar-refractivity contribution in [2.24, 2.45) is 5.92 Å². The Bertz CT molecular complexity index is 723. The van der Waals surface area contributed by atoms with Crippen molar-refractivity contribution in [3.05, 3.63) is 34.9 Å². The van der Waals surface area contributed by atoms with Gasteiger partial charge in [0.25, 0.3) is 0 Å². The Morgan fingerprint density at radius 3 is 2.30 bits per heavy atom. The van der Waals surface area contributed by atoms with Gasteiger partial charge < -0.3 is 20.1 Å². The van der Waals surface area contributed by atoms with E-state index in [0.717, 1.165) is 64.0 Å². The van der Waals surface area contributed by atoms with Crippen LogP contribution in [-0.4, -0.2) is 58.2 Å². The highest BCUT2D eigenvalue weighted by Gasteiger charge is 2.42. The summed E-state index contributed by atoms with van der Waals surface area (Å²) < 4.78 is 5.51. The van der Waals surface area contributed by atoms with Gasteiger partial charge in [0.05, 0.1) is 18.8 Å². The molecule has 0 radical (unpaired) electrons. The molecule has 1 aromatic rings. The number of aromatic hydroxyl groups is 2. The number of allylic oxidation sites excluding steroid dienone is 1. The van der Waals surface area contributed by atoms with Crippen molar-refractivity contribution >= 4 is 0 Å². The maximum absolute atomic E-state index is 11.0. The number of benzene rings is 1.